The fourth-order valence-corrected chi connectivity index (χ4v) is 3.41. The zero-order valence-corrected chi connectivity index (χ0v) is 15.2. The van der Waals surface area contributed by atoms with Gasteiger partial charge in [-0.25, -0.2) is 19.4 Å². The van der Waals surface area contributed by atoms with Crippen molar-refractivity contribution in [1.82, 2.24) is 24.6 Å². The standard InChI is InChI=1S/C19H20FN7/c1-3-27-10-15(9-24-27)19(11-26(2)18(21)25-19)14-4-5-17(20)16(6-14)13-7-22-12-23-8-13/h4-10,12H,3,11H2,1-2H3,(H2,21,25). The molecule has 1 aliphatic heterocycles. The largest absolute Gasteiger partial charge is 0.370 e. The number of hydrogen-bond acceptors (Lipinski definition) is 6. The molecule has 1 unspecified atom stereocenters. The molecular formula is C19H20FN7. The first-order chi connectivity index (χ1) is 13.0. The Kier molecular flexibility index (Phi) is 4.10. The van der Waals surface area contributed by atoms with Gasteiger partial charge in [0.1, 0.15) is 17.7 Å². The van der Waals surface area contributed by atoms with Crippen LogP contribution in [0.15, 0.2) is 54.3 Å². The van der Waals surface area contributed by atoms with E-state index in [-0.39, 0.29) is 5.82 Å². The molecule has 4 rings (SSSR count). The zero-order valence-electron chi connectivity index (χ0n) is 15.2. The summed E-state index contributed by atoms with van der Waals surface area (Å²) in [5, 5.41) is 4.39. The van der Waals surface area contributed by atoms with Gasteiger partial charge in [0.15, 0.2) is 5.96 Å². The topological polar surface area (TPSA) is 85.2 Å². The first-order valence-corrected chi connectivity index (χ1v) is 8.68. The molecule has 0 amide bonds. The van der Waals surface area contributed by atoms with Crippen molar-refractivity contribution < 1.29 is 4.39 Å². The average molecular weight is 365 g/mol. The van der Waals surface area contributed by atoms with Gasteiger partial charge in [-0.2, -0.15) is 5.10 Å². The molecule has 1 aromatic carbocycles. The summed E-state index contributed by atoms with van der Waals surface area (Å²) in [4.78, 5) is 14.6. The number of benzene rings is 1. The number of aromatic nitrogens is 4. The zero-order chi connectivity index (χ0) is 19.0. The number of aryl methyl sites for hydroxylation is 1. The predicted octanol–water partition coefficient (Wildman–Crippen LogP) is 2.00. The predicted molar refractivity (Wildman–Crippen MR) is 100 cm³/mol. The molecule has 3 heterocycles. The van der Waals surface area contributed by atoms with Crippen LogP contribution >= 0.6 is 0 Å². The van der Waals surface area contributed by atoms with Crippen LogP contribution in [-0.4, -0.2) is 44.2 Å². The molecule has 0 radical (unpaired) electrons. The number of nitrogens with two attached hydrogens (primary N) is 1. The van der Waals surface area contributed by atoms with Crippen molar-refractivity contribution in [3.05, 3.63) is 66.3 Å². The summed E-state index contributed by atoms with van der Waals surface area (Å²) in [6.07, 6.45) is 8.37. The van der Waals surface area contributed by atoms with Gasteiger partial charge < -0.3 is 10.6 Å². The van der Waals surface area contributed by atoms with Crippen LogP contribution in [-0.2, 0) is 12.1 Å². The number of halogens is 1. The van der Waals surface area contributed by atoms with Gasteiger partial charge in [0.05, 0.1) is 12.7 Å². The van der Waals surface area contributed by atoms with Gasteiger partial charge in [0, 0.05) is 48.9 Å². The fourth-order valence-electron chi connectivity index (χ4n) is 3.41. The van der Waals surface area contributed by atoms with Crippen LogP contribution in [0.3, 0.4) is 0 Å². The van der Waals surface area contributed by atoms with Gasteiger partial charge in [0.2, 0.25) is 0 Å². The average Bonchev–Trinajstić information content (AvgIpc) is 3.28. The third-order valence-corrected chi connectivity index (χ3v) is 4.91. The van der Waals surface area contributed by atoms with Gasteiger partial charge >= 0.3 is 0 Å². The molecule has 0 fully saturated rings. The Labute approximate surface area is 156 Å². The van der Waals surface area contributed by atoms with Crippen LogP contribution in [0, 0.1) is 5.82 Å². The molecule has 0 saturated carbocycles. The maximum absolute atomic E-state index is 14.5. The Morgan fingerprint density at radius 2 is 1.96 bits per heavy atom. The SMILES string of the molecule is CCn1cc(C2(c3ccc(F)c(-c4cncnc4)c3)CN(C)C(N)=N2)cn1. The Morgan fingerprint density at radius 1 is 1.19 bits per heavy atom. The lowest BCUT2D eigenvalue weighted by molar-refractivity contribution is 0.431. The number of nitrogens with zero attached hydrogens (tertiary/aromatic N) is 6. The molecule has 0 spiro atoms. The van der Waals surface area contributed by atoms with E-state index in [0.717, 1.165) is 17.7 Å². The highest BCUT2D eigenvalue weighted by Crippen LogP contribution is 2.39. The van der Waals surface area contributed by atoms with Crippen LogP contribution in [0.25, 0.3) is 11.1 Å². The van der Waals surface area contributed by atoms with E-state index >= 15 is 0 Å². The molecule has 1 atom stereocenters. The molecule has 0 saturated heterocycles. The summed E-state index contributed by atoms with van der Waals surface area (Å²) in [6, 6.07) is 5.00. The third kappa shape index (κ3) is 2.83. The fraction of sp³-hybridized carbons (Fsp3) is 0.263. The summed E-state index contributed by atoms with van der Waals surface area (Å²) >= 11 is 0. The molecule has 2 aromatic heterocycles. The first kappa shape index (κ1) is 17.1. The van der Waals surface area contributed by atoms with Crippen LogP contribution in [0.1, 0.15) is 18.1 Å². The molecule has 2 N–H and O–H groups in total. The van der Waals surface area contributed by atoms with Crippen molar-refractivity contribution in [2.75, 3.05) is 13.6 Å². The number of rotatable bonds is 4. The molecule has 8 heteroatoms. The monoisotopic (exact) mass is 365 g/mol. The van der Waals surface area contributed by atoms with Gasteiger partial charge in [0.25, 0.3) is 0 Å². The van der Waals surface area contributed by atoms with Crippen LogP contribution in [0.2, 0.25) is 0 Å². The highest BCUT2D eigenvalue weighted by molar-refractivity contribution is 5.81. The highest BCUT2D eigenvalue weighted by Gasteiger charge is 2.42. The van der Waals surface area contributed by atoms with Crippen LogP contribution in [0.5, 0.6) is 0 Å². The number of guanidine groups is 1. The van der Waals surface area contributed by atoms with E-state index in [1.54, 1.807) is 30.7 Å². The Balaban J connectivity index is 1.90. The van der Waals surface area contributed by atoms with E-state index in [1.165, 1.54) is 12.4 Å². The van der Waals surface area contributed by atoms with E-state index in [4.69, 9.17) is 10.7 Å². The first-order valence-electron chi connectivity index (χ1n) is 8.68. The van der Waals surface area contributed by atoms with Crippen molar-refractivity contribution in [3.63, 3.8) is 0 Å². The second kappa shape index (κ2) is 6.46. The molecule has 3 aromatic rings. The lowest BCUT2D eigenvalue weighted by Gasteiger charge is -2.27. The number of aliphatic imine (C=N–C) groups is 1. The van der Waals surface area contributed by atoms with E-state index in [9.17, 15) is 4.39 Å². The Hall–Kier alpha value is -3.29. The summed E-state index contributed by atoms with van der Waals surface area (Å²) in [5.41, 5.74) is 8.15. The van der Waals surface area contributed by atoms with Gasteiger partial charge in [-0.15, -0.1) is 0 Å². The van der Waals surface area contributed by atoms with Crippen LogP contribution in [0.4, 0.5) is 4.39 Å². The van der Waals surface area contributed by atoms with Gasteiger partial charge in [-0.1, -0.05) is 6.07 Å². The minimum absolute atomic E-state index is 0.337. The molecule has 138 valence electrons. The number of hydrogen-bond donors (Lipinski definition) is 1. The van der Waals surface area contributed by atoms with Crippen molar-refractivity contribution in [1.29, 1.82) is 0 Å². The molecule has 0 aliphatic carbocycles. The quantitative estimate of drug-likeness (QED) is 0.764. The van der Waals surface area contributed by atoms with Gasteiger partial charge in [-0.05, 0) is 24.6 Å². The molecule has 27 heavy (non-hydrogen) atoms. The van der Waals surface area contributed by atoms with E-state index in [1.807, 2.05) is 29.7 Å². The van der Waals surface area contributed by atoms with E-state index < -0.39 is 5.54 Å². The summed E-state index contributed by atoms with van der Waals surface area (Å²) in [5.74, 6) is 0.101. The maximum Gasteiger partial charge on any atom is 0.192 e. The second-order valence-electron chi connectivity index (χ2n) is 6.59. The molecule has 1 aliphatic rings. The number of likely N-dealkylation sites (N-methyl/N-ethyl adjacent to an activating group) is 1. The van der Waals surface area contributed by atoms with Crippen molar-refractivity contribution >= 4 is 5.96 Å². The van der Waals surface area contributed by atoms with Crippen molar-refractivity contribution in [3.8, 4) is 11.1 Å². The third-order valence-electron chi connectivity index (χ3n) is 4.91. The van der Waals surface area contributed by atoms with Crippen molar-refractivity contribution in [2.24, 2.45) is 10.7 Å². The molecule has 0 bridgehead atoms. The lowest BCUT2D eigenvalue weighted by Crippen LogP contribution is -2.34. The second-order valence-corrected chi connectivity index (χ2v) is 6.59. The Morgan fingerprint density at radius 3 is 2.59 bits per heavy atom. The normalized spacial score (nSPS) is 19.4. The maximum atomic E-state index is 14.5. The summed E-state index contributed by atoms with van der Waals surface area (Å²) in [7, 11) is 1.89. The summed E-state index contributed by atoms with van der Waals surface area (Å²) < 4.78 is 16.4. The lowest BCUT2D eigenvalue weighted by atomic mass is 9.84. The summed E-state index contributed by atoms with van der Waals surface area (Å²) in [6.45, 7) is 3.32. The smallest absolute Gasteiger partial charge is 0.192 e. The minimum Gasteiger partial charge on any atom is -0.370 e. The Bertz CT molecular complexity index is 998. The van der Waals surface area contributed by atoms with E-state index in [2.05, 4.69) is 15.1 Å². The van der Waals surface area contributed by atoms with E-state index in [0.29, 0.717) is 23.6 Å². The van der Waals surface area contributed by atoms with Gasteiger partial charge in [-0.3, -0.25) is 4.68 Å². The molecule has 7 nitrogen and oxygen atoms in total. The molecular weight excluding hydrogens is 345 g/mol. The van der Waals surface area contributed by atoms with Crippen molar-refractivity contribution in [2.45, 2.75) is 19.0 Å². The highest BCUT2D eigenvalue weighted by atomic mass is 19.1. The van der Waals surface area contributed by atoms with Crippen LogP contribution < -0.4 is 5.73 Å². The minimum atomic E-state index is -0.746.